The zero-order valence-electron chi connectivity index (χ0n) is 7.93. The van der Waals surface area contributed by atoms with E-state index < -0.39 is 17.3 Å². The average Bonchev–Trinajstić information content (AvgIpc) is 2.16. The topological polar surface area (TPSA) is 92.5 Å². The van der Waals surface area contributed by atoms with Crippen molar-refractivity contribution in [2.45, 2.75) is 6.42 Å². The van der Waals surface area contributed by atoms with E-state index in [0.717, 1.165) is 0 Å². The lowest BCUT2D eigenvalue weighted by molar-refractivity contribution is -0.385. The summed E-state index contributed by atoms with van der Waals surface area (Å²) in [7, 11) is 1.39. The number of nitro groups is 1. The first kappa shape index (κ1) is 11.0. The Morgan fingerprint density at radius 1 is 1.53 bits per heavy atom. The molecule has 0 bridgehead atoms. The van der Waals surface area contributed by atoms with E-state index in [1.165, 1.54) is 25.3 Å². The quantitative estimate of drug-likeness (QED) is 0.510. The molecule has 0 aliphatic rings. The van der Waals surface area contributed by atoms with Crippen LogP contribution >= 0.6 is 0 Å². The molecule has 1 rings (SSSR count). The summed E-state index contributed by atoms with van der Waals surface area (Å²) >= 11 is 0. The summed E-state index contributed by atoms with van der Waals surface area (Å²) in [5.41, 5.74) is -0.181. The van der Waals surface area contributed by atoms with E-state index in [-0.39, 0.29) is 11.3 Å². The minimum absolute atomic E-state index is 0.0688. The minimum atomic E-state index is -1.37. The van der Waals surface area contributed by atoms with Gasteiger partial charge in [0, 0.05) is 24.0 Å². The number of carbonyl (C=O) groups excluding carboxylic acids is 1. The van der Waals surface area contributed by atoms with Gasteiger partial charge in [0.05, 0.1) is 12.0 Å². The maximum atomic E-state index is 10.6. The fraction of sp³-hybridized carbons (Fsp3) is 0.222. The molecule has 0 unspecified atom stereocenters. The summed E-state index contributed by atoms with van der Waals surface area (Å²) < 4.78 is 4.84. The van der Waals surface area contributed by atoms with Gasteiger partial charge in [-0.15, -0.1) is 0 Å². The van der Waals surface area contributed by atoms with Crippen LogP contribution in [0.4, 0.5) is 5.69 Å². The van der Waals surface area contributed by atoms with E-state index >= 15 is 0 Å². The van der Waals surface area contributed by atoms with Crippen LogP contribution in [0, 0.1) is 10.1 Å². The van der Waals surface area contributed by atoms with E-state index in [1.54, 1.807) is 0 Å². The Morgan fingerprint density at radius 3 is 2.67 bits per heavy atom. The number of carboxylic acid groups (broad SMARTS) is 1. The van der Waals surface area contributed by atoms with Crippen LogP contribution in [0.1, 0.15) is 5.56 Å². The molecule has 0 radical (unpaired) electrons. The van der Waals surface area contributed by atoms with Crippen LogP contribution in [-0.4, -0.2) is 18.0 Å². The van der Waals surface area contributed by atoms with Crippen LogP contribution in [0.3, 0.4) is 0 Å². The number of nitrogens with zero attached hydrogens (tertiary/aromatic N) is 1. The Kier molecular flexibility index (Phi) is 3.22. The first-order chi connectivity index (χ1) is 7.04. The molecule has 1 aromatic rings. The number of aliphatic carboxylic acids is 1. The van der Waals surface area contributed by atoms with Gasteiger partial charge in [0.1, 0.15) is 5.75 Å². The third-order valence-corrected chi connectivity index (χ3v) is 1.82. The van der Waals surface area contributed by atoms with Gasteiger partial charge < -0.3 is 14.6 Å². The molecule has 6 heteroatoms. The van der Waals surface area contributed by atoms with Crippen molar-refractivity contribution in [1.29, 1.82) is 0 Å². The van der Waals surface area contributed by atoms with Gasteiger partial charge in [-0.3, -0.25) is 10.1 Å². The zero-order chi connectivity index (χ0) is 11.4. The first-order valence-corrected chi connectivity index (χ1v) is 4.05. The van der Waals surface area contributed by atoms with E-state index in [0.29, 0.717) is 5.75 Å². The van der Waals surface area contributed by atoms with Crippen LogP contribution in [-0.2, 0) is 11.2 Å². The zero-order valence-corrected chi connectivity index (χ0v) is 7.93. The van der Waals surface area contributed by atoms with Crippen molar-refractivity contribution in [2.75, 3.05) is 7.11 Å². The standard InChI is InChI=1S/C9H9NO5/c1-15-7-2-3-8(10(13)14)6(4-7)5-9(11)12/h2-4H,5H2,1H3,(H,11,12)/p-1. The third-order valence-electron chi connectivity index (χ3n) is 1.82. The molecule has 0 amide bonds. The number of carbonyl (C=O) groups is 1. The average molecular weight is 210 g/mol. The van der Waals surface area contributed by atoms with E-state index in [1.807, 2.05) is 0 Å². The first-order valence-electron chi connectivity index (χ1n) is 4.05. The highest BCUT2D eigenvalue weighted by molar-refractivity contribution is 5.70. The largest absolute Gasteiger partial charge is 0.550 e. The number of rotatable bonds is 4. The van der Waals surface area contributed by atoms with E-state index in [9.17, 15) is 20.0 Å². The fourth-order valence-electron chi connectivity index (χ4n) is 1.16. The van der Waals surface area contributed by atoms with Crippen LogP contribution in [0.2, 0.25) is 0 Å². The van der Waals surface area contributed by atoms with Crippen LogP contribution in [0.15, 0.2) is 18.2 Å². The predicted octanol–water partition coefficient (Wildman–Crippen LogP) is -0.104. The lowest BCUT2D eigenvalue weighted by atomic mass is 10.1. The molecule has 0 fully saturated rings. The second kappa shape index (κ2) is 4.41. The highest BCUT2D eigenvalue weighted by Crippen LogP contribution is 2.24. The van der Waals surface area contributed by atoms with Crippen molar-refractivity contribution in [3.05, 3.63) is 33.9 Å². The molecule has 80 valence electrons. The molecule has 0 aliphatic heterocycles. The highest BCUT2D eigenvalue weighted by atomic mass is 16.6. The molecule has 0 aromatic heterocycles. The van der Waals surface area contributed by atoms with Crippen molar-refractivity contribution in [2.24, 2.45) is 0 Å². The Labute approximate surface area is 85.2 Å². The number of benzene rings is 1. The van der Waals surface area contributed by atoms with Crippen molar-refractivity contribution < 1.29 is 19.6 Å². The Balaban J connectivity index is 3.16. The number of carboxylic acids is 1. The molecular weight excluding hydrogens is 202 g/mol. The summed E-state index contributed by atoms with van der Waals surface area (Å²) in [5.74, 6) is -0.997. The summed E-state index contributed by atoms with van der Waals surface area (Å²) in [4.78, 5) is 20.3. The number of hydrogen-bond donors (Lipinski definition) is 0. The molecule has 0 N–H and O–H groups in total. The summed E-state index contributed by atoms with van der Waals surface area (Å²) in [6.45, 7) is 0. The molecule has 0 heterocycles. The summed E-state index contributed by atoms with van der Waals surface area (Å²) in [5, 5.41) is 20.9. The van der Waals surface area contributed by atoms with Gasteiger partial charge in [0.2, 0.25) is 0 Å². The van der Waals surface area contributed by atoms with Gasteiger partial charge >= 0.3 is 0 Å². The molecule has 6 nitrogen and oxygen atoms in total. The number of hydrogen-bond acceptors (Lipinski definition) is 5. The monoisotopic (exact) mass is 210 g/mol. The van der Waals surface area contributed by atoms with Crippen LogP contribution in [0.5, 0.6) is 5.75 Å². The fourth-order valence-corrected chi connectivity index (χ4v) is 1.16. The lowest BCUT2D eigenvalue weighted by Crippen LogP contribution is -2.24. The smallest absolute Gasteiger partial charge is 0.273 e. The van der Waals surface area contributed by atoms with Crippen molar-refractivity contribution >= 4 is 11.7 Å². The van der Waals surface area contributed by atoms with Crippen LogP contribution < -0.4 is 9.84 Å². The third kappa shape index (κ3) is 2.67. The molecule has 0 spiro atoms. The molecule has 1 aromatic carbocycles. The van der Waals surface area contributed by atoms with E-state index in [4.69, 9.17) is 4.74 Å². The number of methoxy groups -OCH3 is 1. The second-order valence-electron chi connectivity index (χ2n) is 2.80. The summed E-state index contributed by atoms with van der Waals surface area (Å²) in [6.07, 6.45) is -0.506. The normalized spacial score (nSPS) is 9.67. The SMILES string of the molecule is COc1ccc([N+](=O)[O-])c(CC(=O)[O-])c1. The van der Waals surface area contributed by atoms with Gasteiger partial charge in [-0.25, -0.2) is 0 Å². The van der Waals surface area contributed by atoms with Gasteiger partial charge in [-0.2, -0.15) is 0 Å². The summed E-state index contributed by atoms with van der Waals surface area (Å²) in [6, 6.07) is 3.92. The van der Waals surface area contributed by atoms with E-state index in [2.05, 4.69) is 0 Å². The van der Waals surface area contributed by atoms with Gasteiger partial charge in [0.25, 0.3) is 5.69 Å². The van der Waals surface area contributed by atoms with Gasteiger partial charge in [-0.05, 0) is 12.1 Å². The second-order valence-corrected chi connectivity index (χ2v) is 2.80. The Morgan fingerprint density at radius 2 is 2.20 bits per heavy atom. The van der Waals surface area contributed by atoms with Crippen molar-refractivity contribution in [3.63, 3.8) is 0 Å². The Hall–Kier alpha value is -2.11. The number of ether oxygens (including phenoxy) is 1. The maximum absolute atomic E-state index is 10.6. The predicted molar refractivity (Wildman–Crippen MR) is 48.4 cm³/mol. The maximum Gasteiger partial charge on any atom is 0.273 e. The van der Waals surface area contributed by atoms with Gasteiger partial charge in [-0.1, -0.05) is 0 Å². The van der Waals surface area contributed by atoms with Crippen molar-refractivity contribution in [3.8, 4) is 5.75 Å². The molecule has 0 saturated carbocycles. The number of nitro benzene ring substituents is 1. The molecule has 0 aliphatic carbocycles. The highest BCUT2D eigenvalue weighted by Gasteiger charge is 2.14. The molecule has 0 atom stereocenters. The van der Waals surface area contributed by atoms with Crippen LogP contribution in [0.25, 0.3) is 0 Å². The molecule has 0 saturated heterocycles. The van der Waals surface area contributed by atoms with Crippen molar-refractivity contribution in [1.82, 2.24) is 0 Å². The molecule has 15 heavy (non-hydrogen) atoms. The molecular formula is C9H8NO5-. The minimum Gasteiger partial charge on any atom is -0.550 e. The van der Waals surface area contributed by atoms with Gasteiger partial charge in [0.15, 0.2) is 0 Å². The lowest BCUT2D eigenvalue weighted by Gasteiger charge is -2.06. The Bertz CT molecular complexity index is 401.